The third kappa shape index (κ3) is 2.51. The van der Waals surface area contributed by atoms with Gasteiger partial charge in [0, 0.05) is 25.0 Å². The van der Waals surface area contributed by atoms with Crippen molar-refractivity contribution in [2.75, 3.05) is 19.6 Å². The first-order chi connectivity index (χ1) is 9.21. The smallest absolute Gasteiger partial charge is 0.225 e. The third-order valence-electron chi connectivity index (χ3n) is 4.35. The van der Waals surface area contributed by atoms with Crippen molar-refractivity contribution in [1.82, 2.24) is 10.6 Å². The average molecular weight is 260 g/mol. The summed E-state index contributed by atoms with van der Waals surface area (Å²) < 4.78 is 0. The van der Waals surface area contributed by atoms with Crippen molar-refractivity contribution in [3.05, 3.63) is 35.9 Å². The normalized spacial score (nSPS) is 22.4. The summed E-state index contributed by atoms with van der Waals surface area (Å²) in [6.07, 6.45) is 1.48. The Bertz CT molecular complexity index is 452. The fourth-order valence-electron chi connectivity index (χ4n) is 2.58. The van der Waals surface area contributed by atoms with Gasteiger partial charge in [-0.25, -0.2) is 0 Å². The van der Waals surface area contributed by atoms with Crippen LogP contribution >= 0.6 is 0 Å². The lowest BCUT2D eigenvalue weighted by molar-refractivity contribution is -0.126. The summed E-state index contributed by atoms with van der Waals surface area (Å²) in [6.45, 7) is 2.14. The Hall–Kier alpha value is -1.39. The maximum Gasteiger partial charge on any atom is 0.225 e. The lowest BCUT2D eigenvalue weighted by Gasteiger charge is -2.28. The number of rotatable bonds is 5. The van der Waals surface area contributed by atoms with Crippen LogP contribution in [0.15, 0.2) is 30.3 Å². The van der Waals surface area contributed by atoms with Gasteiger partial charge in [0.2, 0.25) is 5.91 Å². The van der Waals surface area contributed by atoms with Gasteiger partial charge < -0.3 is 15.7 Å². The van der Waals surface area contributed by atoms with Crippen molar-refractivity contribution in [2.24, 2.45) is 11.3 Å². The molecule has 4 nitrogen and oxygen atoms in total. The van der Waals surface area contributed by atoms with Gasteiger partial charge in [0.05, 0.1) is 12.0 Å². The molecule has 0 spiro atoms. The van der Waals surface area contributed by atoms with E-state index in [-0.39, 0.29) is 17.2 Å². The lowest BCUT2D eigenvalue weighted by atomic mass is 9.92. The first kappa shape index (κ1) is 12.6. The van der Waals surface area contributed by atoms with Crippen molar-refractivity contribution < 1.29 is 9.90 Å². The van der Waals surface area contributed by atoms with Gasteiger partial charge >= 0.3 is 0 Å². The van der Waals surface area contributed by atoms with Crippen LogP contribution in [0.4, 0.5) is 0 Å². The number of aliphatic hydroxyl groups is 1. The van der Waals surface area contributed by atoms with Crippen LogP contribution in [0.3, 0.4) is 0 Å². The molecule has 1 atom stereocenters. The van der Waals surface area contributed by atoms with E-state index in [1.165, 1.54) is 0 Å². The average Bonchev–Trinajstić information content (AvgIpc) is 3.16. The molecule has 1 heterocycles. The van der Waals surface area contributed by atoms with E-state index in [4.69, 9.17) is 0 Å². The highest BCUT2D eigenvalue weighted by atomic mass is 16.3. The minimum atomic E-state index is -0.478. The van der Waals surface area contributed by atoms with Crippen molar-refractivity contribution in [2.45, 2.75) is 18.9 Å². The Labute approximate surface area is 113 Å². The predicted molar refractivity (Wildman–Crippen MR) is 72.4 cm³/mol. The summed E-state index contributed by atoms with van der Waals surface area (Å²) >= 11 is 0. The fraction of sp³-hybridized carbons (Fsp3) is 0.533. The van der Waals surface area contributed by atoms with Crippen LogP contribution in [0.1, 0.15) is 24.5 Å². The highest BCUT2D eigenvalue weighted by Crippen LogP contribution is 2.54. The molecule has 0 bridgehead atoms. The summed E-state index contributed by atoms with van der Waals surface area (Å²) in [5.74, 6) is 0.231. The van der Waals surface area contributed by atoms with Gasteiger partial charge in [0.15, 0.2) is 0 Å². The lowest BCUT2D eigenvalue weighted by Crippen LogP contribution is -2.51. The molecular weight excluding hydrogens is 240 g/mol. The van der Waals surface area contributed by atoms with Crippen molar-refractivity contribution >= 4 is 5.91 Å². The van der Waals surface area contributed by atoms with Gasteiger partial charge in [-0.15, -0.1) is 0 Å². The van der Waals surface area contributed by atoms with E-state index in [0.29, 0.717) is 6.54 Å². The number of nitrogens with one attached hydrogen (secondary N) is 2. The molecule has 4 heteroatoms. The van der Waals surface area contributed by atoms with Crippen LogP contribution < -0.4 is 10.6 Å². The van der Waals surface area contributed by atoms with Crippen LogP contribution in [-0.2, 0) is 4.79 Å². The molecule has 0 radical (unpaired) electrons. The van der Waals surface area contributed by atoms with Crippen molar-refractivity contribution in [3.63, 3.8) is 0 Å². The summed E-state index contributed by atoms with van der Waals surface area (Å²) in [5, 5.41) is 16.6. The molecule has 19 heavy (non-hydrogen) atoms. The highest BCUT2D eigenvalue weighted by molar-refractivity contribution is 5.80. The van der Waals surface area contributed by atoms with E-state index >= 15 is 0 Å². The number of carbonyl (C=O) groups excluding carboxylic acids is 1. The molecule has 1 aliphatic carbocycles. The maximum absolute atomic E-state index is 11.8. The molecule has 1 amide bonds. The van der Waals surface area contributed by atoms with Crippen LogP contribution in [0, 0.1) is 11.3 Å². The Balaban J connectivity index is 1.58. The number of aliphatic hydroxyl groups excluding tert-OH is 1. The second-order valence-electron chi connectivity index (χ2n) is 5.75. The molecular formula is C15H20N2O2. The van der Waals surface area contributed by atoms with E-state index in [9.17, 15) is 9.90 Å². The molecule has 3 N–H and O–H groups in total. The number of carbonyl (C=O) groups is 1. The minimum absolute atomic E-state index is 0.115. The Morgan fingerprint density at radius 2 is 2.05 bits per heavy atom. The number of amides is 1. The summed E-state index contributed by atoms with van der Waals surface area (Å²) in [7, 11) is 0. The fourth-order valence-corrected chi connectivity index (χ4v) is 2.58. The second-order valence-corrected chi connectivity index (χ2v) is 5.75. The molecule has 1 aromatic rings. The Morgan fingerprint density at radius 1 is 1.37 bits per heavy atom. The molecule has 3 rings (SSSR count). The predicted octanol–water partition coefficient (Wildman–Crippen LogP) is 0.836. The van der Waals surface area contributed by atoms with Gasteiger partial charge in [-0.2, -0.15) is 0 Å². The zero-order valence-corrected chi connectivity index (χ0v) is 10.9. The quantitative estimate of drug-likeness (QED) is 0.735. The molecule has 1 unspecified atom stereocenters. The molecule has 1 saturated heterocycles. The topological polar surface area (TPSA) is 61.4 Å². The molecule has 0 aromatic heterocycles. The largest absolute Gasteiger partial charge is 0.388 e. The maximum atomic E-state index is 11.8. The number of hydrogen-bond acceptors (Lipinski definition) is 3. The first-order valence-corrected chi connectivity index (χ1v) is 6.93. The van der Waals surface area contributed by atoms with E-state index in [1.54, 1.807) is 0 Å². The van der Waals surface area contributed by atoms with Gasteiger partial charge in [-0.05, 0) is 18.4 Å². The minimum Gasteiger partial charge on any atom is -0.388 e. The third-order valence-corrected chi connectivity index (χ3v) is 4.35. The van der Waals surface area contributed by atoms with E-state index in [2.05, 4.69) is 10.6 Å². The van der Waals surface area contributed by atoms with Gasteiger partial charge in [0.25, 0.3) is 0 Å². The first-order valence-electron chi connectivity index (χ1n) is 6.93. The van der Waals surface area contributed by atoms with E-state index < -0.39 is 6.10 Å². The number of benzene rings is 1. The van der Waals surface area contributed by atoms with Crippen molar-refractivity contribution in [1.29, 1.82) is 0 Å². The zero-order chi connectivity index (χ0) is 13.3. The van der Waals surface area contributed by atoms with E-state index in [0.717, 1.165) is 31.5 Å². The monoisotopic (exact) mass is 260 g/mol. The Morgan fingerprint density at radius 3 is 2.58 bits per heavy atom. The Kier molecular flexibility index (Phi) is 3.29. The van der Waals surface area contributed by atoms with Crippen LogP contribution in [0.2, 0.25) is 0 Å². The summed E-state index contributed by atoms with van der Waals surface area (Å²) in [6, 6.07) is 9.71. The molecule has 2 fully saturated rings. The van der Waals surface area contributed by atoms with Crippen LogP contribution in [0.5, 0.6) is 0 Å². The molecule has 2 aliphatic rings. The zero-order valence-electron chi connectivity index (χ0n) is 10.9. The van der Waals surface area contributed by atoms with Gasteiger partial charge in [0.1, 0.15) is 0 Å². The molecule has 1 saturated carbocycles. The second kappa shape index (κ2) is 4.94. The van der Waals surface area contributed by atoms with E-state index in [1.807, 2.05) is 30.3 Å². The standard InChI is InChI=1S/C15H20N2O2/c18-13(11-4-2-1-3-5-11)15(6-7-15)10-17-14(19)12-8-16-9-12/h1-5,12-13,16,18H,6-10H2,(H,17,19). The molecule has 102 valence electrons. The molecule has 1 aliphatic heterocycles. The molecule has 1 aromatic carbocycles. The van der Waals surface area contributed by atoms with Gasteiger partial charge in [-0.1, -0.05) is 30.3 Å². The highest BCUT2D eigenvalue weighted by Gasteiger charge is 2.49. The summed E-state index contributed by atoms with van der Waals surface area (Å²) in [5.41, 5.74) is 0.799. The van der Waals surface area contributed by atoms with Crippen LogP contribution in [-0.4, -0.2) is 30.6 Å². The SMILES string of the molecule is O=C(NCC1(C(O)c2ccccc2)CC1)C1CNC1. The number of hydrogen-bond donors (Lipinski definition) is 3. The van der Waals surface area contributed by atoms with Crippen molar-refractivity contribution in [3.8, 4) is 0 Å². The van der Waals surface area contributed by atoms with Gasteiger partial charge in [-0.3, -0.25) is 4.79 Å². The van der Waals surface area contributed by atoms with Crippen LogP contribution in [0.25, 0.3) is 0 Å². The summed E-state index contributed by atoms with van der Waals surface area (Å²) in [4.78, 5) is 11.8.